The topological polar surface area (TPSA) is 95.3 Å². The van der Waals surface area contributed by atoms with Crippen LogP contribution < -0.4 is 10.1 Å². The third-order valence-electron chi connectivity index (χ3n) is 3.47. The van der Waals surface area contributed by atoms with Crippen molar-refractivity contribution in [1.82, 2.24) is 14.8 Å². The van der Waals surface area contributed by atoms with Crippen LogP contribution in [0.1, 0.15) is 17.4 Å². The Morgan fingerprint density at radius 1 is 1.19 bits per heavy atom. The molecule has 26 heavy (non-hydrogen) atoms. The lowest BCUT2D eigenvalue weighted by Crippen LogP contribution is -2.11. The van der Waals surface area contributed by atoms with Crippen LogP contribution in [0.15, 0.2) is 35.7 Å². The highest BCUT2D eigenvalue weighted by atomic mass is 32.1. The van der Waals surface area contributed by atoms with E-state index in [1.165, 1.54) is 30.1 Å². The molecule has 0 saturated heterocycles. The van der Waals surface area contributed by atoms with Crippen molar-refractivity contribution < 1.29 is 19.1 Å². The van der Waals surface area contributed by atoms with Crippen LogP contribution in [0.3, 0.4) is 0 Å². The molecule has 134 valence electrons. The minimum absolute atomic E-state index is 0.183. The Morgan fingerprint density at radius 2 is 1.92 bits per heavy atom. The Hall–Kier alpha value is -3.20. The highest BCUT2D eigenvalue weighted by Gasteiger charge is 2.17. The Labute approximate surface area is 153 Å². The van der Waals surface area contributed by atoms with Crippen LogP contribution in [0.5, 0.6) is 5.75 Å². The zero-order chi connectivity index (χ0) is 18.7. The minimum Gasteiger partial charge on any atom is -0.497 e. The average molecular weight is 372 g/mol. The summed E-state index contributed by atoms with van der Waals surface area (Å²) >= 11 is 1.22. The fraction of sp³-hybridized carbons (Fsp3) is 0.176. The van der Waals surface area contributed by atoms with Gasteiger partial charge in [0.05, 0.1) is 19.9 Å². The monoisotopic (exact) mass is 372 g/mol. The molecule has 0 fully saturated rings. The Morgan fingerprint density at radius 3 is 2.54 bits per heavy atom. The summed E-state index contributed by atoms with van der Waals surface area (Å²) in [5.41, 5.74) is 1.68. The fourth-order valence-electron chi connectivity index (χ4n) is 2.26. The molecule has 0 unspecified atom stereocenters. The standard InChI is InChI=1S/C17H16N4O4S/c1-10(22)18-15-8-13(11-4-6-12(24-2)7-5-11)20-21(15)17-19-14(9-26-17)16(23)25-3/h4-9H,1-3H3,(H,18,22). The van der Waals surface area contributed by atoms with Gasteiger partial charge in [0.25, 0.3) is 0 Å². The number of nitrogens with one attached hydrogen (secondary N) is 1. The van der Waals surface area contributed by atoms with Gasteiger partial charge in [-0.1, -0.05) is 0 Å². The minimum atomic E-state index is -0.531. The molecule has 3 aromatic rings. The van der Waals surface area contributed by atoms with Gasteiger partial charge in [0.15, 0.2) is 5.69 Å². The van der Waals surface area contributed by atoms with Gasteiger partial charge in [-0.25, -0.2) is 9.78 Å². The lowest BCUT2D eigenvalue weighted by atomic mass is 10.1. The number of hydrogen-bond donors (Lipinski definition) is 1. The number of carbonyl (C=O) groups excluding carboxylic acids is 2. The first-order valence-corrected chi connectivity index (χ1v) is 8.46. The van der Waals surface area contributed by atoms with E-state index in [9.17, 15) is 9.59 Å². The van der Waals surface area contributed by atoms with Crippen molar-refractivity contribution in [3.63, 3.8) is 0 Å². The van der Waals surface area contributed by atoms with Crippen LogP contribution in [-0.4, -0.2) is 40.9 Å². The quantitative estimate of drug-likeness (QED) is 0.692. The van der Waals surface area contributed by atoms with Gasteiger partial charge >= 0.3 is 5.97 Å². The molecule has 2 heterocycles. The maximum absolute atomic E-state index is 11.6. The second-order valence-corrected chi connectivity index (χ2v) is 6.08. The fourth-order valence-corrected chi connectivity index (χ4v) is 3.02. The number of ether oxygens (including phenoxy) is 2. The van der Waals surface area contributed by atoms with Crippen LogP contribution in [0.2, 0.25) is 0 Å². The highest BCUT2D eigenvalue weighted by molar-refractivity contribution is 7.12. The second kappa shape index (κ2) is 7.36. The van der Waals surface area contributed by atoms with Crippen molar-refractivity contribution in [2.45, 2.75) is 6.92 Å². The molecule has 0 spiro atoms. The summed E-state index contributed by atoms with van der Waals surface area (Å²) in [5.74, 6) is 0.417. The molecule has 0 aliphatic rings. The summed E-state index contributed by atoms with van der Waals surface area (Å²) in [6, 6.07) is 9.12. The Bertz CT molecular complexity index is 946. The van der Waals surface area contributed by atoms with Crippen LogP contribution in [0.25, 0.3) is 16.4 Å². The number of esters is 1. The molecule has 9 heteroatoms. The third-order valence-corrected chi connectivity index (χ3v) is 4.28. The molecule has 8 nitrogen and oxygen atoms in total. The van der Waals surface area contributed by atoms with Crippen LogP contribution in [0.4, 0.5) is 5.82 Å². The van der Waals surface area contributed by atoms with Gasteiger partial charge in [-0.05, 0) is 24.3 Å². The molecule has 0 aliphatic carbocycles. The molecular formula is C17H16N4O4S. The number of anilines is 1. The molecule has 0 aliphatic heterocycles. The number of nitrogens with zero attached hydrogens (tertiary/aromatic N) is 3. The van der Waals surface area contributed by atoms with Gasteiger partial charge in [-0.2, -0.15) is 9.78 Å². The first-order valence-electron chi connectivity index (χ1n) is 7.58. The van der Waals surface area contributed by atoms with E-state index < -0.39 is 5.97 Å². The molecule has 0 atom stereocenters. The van der Waals surface area contributed by atoms with E-state index in [0.29, 0.717) is 16.6 Å². The van der Waals surface area contributed by atoms with E-state index in [0.717, 1.165) is 11.3 Å². The zero-order valence-electron chi connectivity index (χ0n) is 14.3. The molecule has 0 saturated carbocycles. The van der Waals surface area contributed by atoms with E-state index in [-0.39, 0.29) is 11.6 Å². The molecule has 1 amide bonds. The largest absolute Gasteiger partial charge is 0.497 e. The molecular weight excluding hydrogens is 356 g/mol. The van der Waals surface area contributed by atoms with E-state index >= 15 is 0 Å². The number of aromatic nitrogens is 3. The number of methoxy groups -OCH3 is 2. The van der Waals surface area contributed by atoms with Gasteiger partial charge in [0, 0.05) is 23.9 Å². The van der Waals surface area contributed by atoms with Gasteiger partial charge in [-0.3, -0.25) is 4.79 Å². The molecule has 2 aromatic heterocycles. The van der Waals surface area contributed by atoms with Crippen LogP contribution >= 0.6 is 11.3 Å². The lowest BCUT2D eigenvalue weighted by molar-refractivity contribution is -0.114. The number of carbonyl (C=O) groups is 2. The summed E-state index contributed by atoms with van der Waals surface area (Å²) in [6.45, 7) is 1.41. The van der Waals surface area contributed by atoms with Gasteiger partial charge < -0.3 is 14.8 Å². The molecule has 0 bridgehead atoms. The molecule has 3 rings (SSSR count). The summed E-state index contributed by atoms with van der Waals surface area (Å²) in [7, 11) is 2.89. The SMILES string of the molecule is COC(=O)c1csc(-n2nc(-c3ccc(OC)cc3)cc2NC(C)=O)n1. The summed E-state index contributed by atoms with van der Waals surface area (Å²) in [6.07, 6.45) is 0. The number of benzene rings is 1. The van der Waals surface area contributed by atoms with Crippen LogP contribution in [-0.2, 0) is 9.53 Å². The van der Waals surface area contributed by atoms with Crippen molar-refractivity contribution in [3.8, 4) is 22.1 Å². The van der Waals surface area contributed by atoms with Gasteiger partial charge in [0.2, 0.25) is 11.0 Å². The van der Waals surface area contributed by atoms with E-state index in [1.807, 2.05) is 24.3 Å². The first kappa shape index (κ1) is 17.6. The number of hydrogen-bond acceptors (Lipinski definition) is 7. The smallest absolute Gasteiger partial charge is 0.357 e. The second-order valence-electron chi connectivity index (χ2n) is 5.24. The maximum Gasteiger partial charge on any atom is 0.357 e. The van der Waals surface area contributed by atoms with Crippen LogP contribution in [0, 0.1) is 0 Å². The predicted molar refractivity (Wildman–Crippen MR) is 96.9 cm³/mol. The normalized spacial score (nSPS) is 10.4. The van der Waals surface area contributed by atoms with Gasteiger partial charge in [0.1, 0.15) is 11.6 Å². The first-order chi connectivity index (χ1) is 12.5. The van der Waals surface area contributed by atoms with E-state index in [1.54, 1.807) is 18.6 Å². The maximum atomic E-state index is 11.6. The van der Waals surface area contributed by atoms with Crippen molar-refractivity contribution >= 4 is 29.0 Å². The Kier molecular flexibility index (Phi) is 4.99. The van der Waals surface area contributed by atoms with Gasteiger partial charge in [-0.15, -0.1) is 11.3 Å². The molecule has 1 aromatic carbocycles. The third kappa shape index (κ3) is 3.57. The molecule has 0 radical (unpaired) electrons. The predicted octanol–water partition coefficient (Wildman–Crippen LogP) is 2.75. The zero-order valence-corrected chi connectivity index (χ0v) is 15.2. The summed E-state index contributed by atoms with van der Waals surface area (Å²) in [5, 5.41) is 9.25. The van der Waals surface area contributed by atoms with Crippen molar-refractivity contribution in [2.24, 2.45) is 0 Å². The number of thiazole rings is 1. The van der Waals surface area contributed by atoms with Crippen molar-refractivity contribution in [1.29, 1.82) is 0 Å². The average Bonchev–Trinajstić information content (AvgIpc) is 3.27. The van der Waals surface area contributed by atoms with Crippen molar-refractivity contribution in [2.75, 3.05) is 19.5 Å². The number of rotatable bonds is 5. The number of amides is 1. The molecule has 1 N–H and O–H groups in total. The Balaban J connectivity index is 2.02. The highest BCUT2D eigenvalue weighted by Crippen LogP contribution is 2.27. The van der Waals surface area contributed by atoms with Crippen molar-refractivity contribution in [3.05, 3.63) is 41.4 Å². The van der Waals surface area contributed by atoms with E-state index in [2.05, 4.69) is 20.1 Å². The van der Waals surface area contributed by atoms with E-state index in [4.69, 9.17) is 4.74 Å². The lowest BCUT2D eigenvalue weighted by Gasteiger charge is -2.03. The summed E-state index contributed by atoms with van der Waals surface area (Å²) in [4.78, 5) is 27.4. The summed E-state index contributed by atoms with van der Waals surface area (Å²) < 4.78 is 11.3.